The van der Waals surface area contributed by atoms with Gasteiger partial charge in [-0.2, -0.15) is 9.97 Å². The molecule has 0 atom stereocenters. The van der Waals surface area contributed by atoms with Crippen molar-refractivity contribution in [3.05, 3.63) is 261 Å². The highest BCUT2D eigenvalue weighted by Gasteiger charge is 2.22. The zero-order valence-electron chi connectivity index (χ0n) is 40.1. The molecule has 15 aromatic rings. The third-order valence-corrected chi connectivity index (χ3v) is 14.9. The number of benzene rings is 12. The molecule has 12 aromatic carbocycles. The molecule has 5 nitrogen and oxygen atoms in total. The van der Waals surface area contributed by atoms with Crippen LogP contribution in [-0.2, 0) is 0 Å². The Morgan fingerprint density at radius 2 is 0.622 bits per heavy atom. The number of hydrogen-bond acceptors (Lipinski definition) is 3. The van der Waals surface area contributed by atoms with E-state index in [1.165, 1.54) is 59.8 Å². The molecule has 0 aliphatic carbocycles. The molecule has 0 saturated carbocycles. The first-order valence-electron chi connectivity index (χ1n) is 25.2. The number of hydrogen-bond donors (Lipinski definition) is 0. The summed E-state index contributed by atoms with van der Waals surface area (Å²) in [6.07, 6.45) is 0. The number of aromatic nitrogens is 5. The SMILES string of the molecule is c1ccc(-c2cccc(-c3cccc(-c4nc(-c5ccccc5)nc(-n5c6ccccc6c6cc7c8ccccc8n(-c8cccc(-c9ccc%10c%11ccccc%11c%11ccccc%11c%10c9)c8)c7cc65)n4)c3)c2)cc1. The van der Waals surface area contributed by atoms with E-state index in [9.17, 15) is 0 Å². The highest BCUT2D eigenvalue weighted by molar-refractivity contribution is 6.26. The smallest absolute Gasteiger partial charge is 0.238 e. The largest absolute Gasteiger partial charge is 0.309 e. The zero-order valence-corrected chi connectivity index (χ0v) is 40.1. The van der Waals surface area contributed by atoms with E-state index >= 15 is 0 Å². The lowest BCUT2D eigenvalue weighted by Gasteiger charge is -2.14. The third kappa shape index (κ3) is 6.75. The van der Waals surface area contributed by atoms with Gasteiger partial charge in [-0.1, -0.05) is 206 Å². The Kier molecular flexibility index (Phi) is 9.50. The minimum Gasteiger partial charge on any atom is -0.309 e. The normalized spacial score (nSPS) is 11.8. The Labute approximate surface area is 426 Å². The van der Waals surface area contributed by atoms with E-state index in [2.05, 4.69) is 252 Å². The first-order chi connectivity index (χ1) is 36.7. The van der Waals surface area contributed by atoms with Gasteiger partial charge in [-0.3, -0.25) is 4.57 Å². The maximum atomic E-state index is 5.41. The molecule has 0 saturated heterocycles. The molecule has 0 fully saturated rings. The van der Waals surface area contributed by atoms with Gasteiger partial charge in [0.05, 0.1) is 22.1 Å². The van der Waals surface area contributed by atoms with Gasteiger partial charge in [-0.15, -0.1) is 0 Å². The minimum absolute atomic E-state index is 0.553. The Morgan fingerprint density at radius 3 is 1.26 bits per heavy atom. The van der Waals surface area contributed by atoms with E-state index in [0.717, 1.165) is 66.3 Å². The maximum absolute atomic E-state index is 5.41. The lowest BCUT2D eigenvalue weighted by molar-refractivity contribution is 0.953. The summed E-state index contributed by atoms with van der Waals surface area (Å²) in [5.41, 5.74) is 14.1. The van der Waals surface area contributed by atoms with Gasteiger partial charge in [0.1, 0.15) is 0 Å². The van der Waals surface area contributed by atoms with Gasteiger partial charge in [-0.05, 0) is 120 Å². The molecule has 5 heteroatoms. The number of nitrogens with zero attached hydrogens (tertiary/aromatic N) is 5. The van der Waals surface area contributed by atoms with E-state index in [4.69, 9.17) is 15.0 Å². The average Bonchev–Trinajstić information content (AvgIpc) is 4.01. The molecule has 0 aliphatic rings. The van der Waals surface area contributed by atoms with E-state index in [0.29, 0.717) is 17.6 Å². The summed E-state index contributed by atoms with van der Waals surface area (Å²) in [5.74, 6) is 1.76. The summed E-state index contributed by atoms with van der Waals surface area (Å²) in [7, 11) is 0. The average molecular weight is 942 g/mol. The molecule has 15 rings (SSSR count). The second-order valence-corrected chi connectivity index (χ2v) is 19.2. The van der Waals surface area contributed by atoms with Crippen LogP contribution in [0.4, 0.5) is 0 Å². The summed E-state index contributed by atoms with van der Waals surface area (Å²) >= 11 is 0. The van der Waals surface area contributed by atoms with Crippen molar-refractivity contribution in [2.45, 2.75) is 0 Å². The van der Waals surface area contributed by atoms with Crippen molar-refractivity contribution in [2.24, 2.45) is 0 Å². The summed E-state index contributed by atoms with van der Waals surface area (Å²) < 4.78 is 4.66. The summed E-state index contributed by atoms with van der Waals surface area (Å²) in [6.45, 7) is 0. The number of fused-ring (bicyclic) bond motifs is 12. The lowest BCUT2D eigenvalue weighted by atomic mass is 9.92. The first-order valence-corrected chi connectivity index (χ1v) is 25.2. The van der Waals surface area contributed by atoms with Crippen molar-refractivity contribution in [3.8, 4) is 67.8 Å². The molecule has 344 valence electrons. The van der Waals surface area contributed by atoms with Crippen LogP contribution >= 0.6 is 0 Å². The van der Waals surface area contributed by atoms with Gasteiger partial charge < -0.3 is 4.57 Å². The topological polar surface area (TPSA) is 48.5 Å². The van der Waals surface area contributed by atoms with Gasteiger partial charge in [0.15, 0.2) is 11.6 Å². The quantitative estimate of drug-likeness (QED) is 0.150. The van der Waals surface area contributed by atoms with Crippen LogP contribution < -0.4 is 0 Å². The Balaban J connectivity index is 0.920. The van der Waals surface area contributed by atoms with Crippen molar-refractivity contribution in [1.29, 1.82) is 0 Å². The highest BCUT2D eigenvalue weighted by Crippen LogP contribution is 2.42. The van der Waals surface area contributed by atoms with Crippen molar-refractivity contribution < 1.29 is 0 Å². The van der Waals surface area contributed by atoms with Gasteiger partial charge >= 0.3 is 0 Å². The predicted octanol–water partition coefficient (Wildman–Crippen LogP) is 17.9. The summed E-state index contributed by atoms with van der Waals surface area (Å²) in [6, 6.07) is 93.6. The number of para-hydroxylation sites is 2. The van der Waals surface area contributed by atoms with Crippen molar-refractivity contribution in [1.82, 2.24) is 24.1 Å². The van der Waals surface area contributed by atoms with Crippen molar-refractivity contribution in [2.75, 3.05) is 0 Å². The van der Waals surface area contributed by atoms with Crippen molar-refractivity contribution in [3.63, 3.8) is 0 Å². The van der Waals surface area contributed by atoms with Crippen LogP contribution in [0.5, 0.6) is 0 Å². The lowest BCUT2D eigenvalue weighted by Crippen LogP contribution is -2.06. The molecule has 74 heavy (non-hydrogen) atoms. The molecular weight excluding hydrogens is 899 g/mol. The van der Waals surface area contributed by atoms with Crippen molar-refractivity contribution >= 4 is 75.9 Å². The third-order valence-electron chi connectivity index (χ3n) is 14.9. The van der Waals surface area contributed by atoms with Gasteiger partial charge in [0.25, 0.3) is 0 Å². The molecule has 3 aromatic heterocycles. The second kappa shape index (κ2) is 16.8. The van der Waals surface area contributed by atoms with Gasteiger partial charge in [0.2, 0.25) is 5.95 Å². The van der Waals surface area contributed by atoms with Crippen LogP contribution in [0.1, 0.15) is 0 Å². The number of rotatable bonds is 7. The van der Waals surface area contributed by atoms with Crippen LogP contribution in [0.3, 0.4) is 0 Å². The van der Waals surface area contributed by atoms with Gasteiger partial charge in [-0.25, -0.2) is 4.98 Å². The van der Waals surface area contributed by atoms with Gasteiger partial charge in [0, 0.05) is 38.4 Å². The fourth-order valence-electron chi connectivity index (χ4n) is 11.5. The van der Waals surface area contributed by atoms with E-state index in [1.807, 2.05) is 18.2 Å². The fraction of sp³-hybridized carbons (Fsp3) is 0. The molecular formula is C69H43N5. The Morgan fingerprint density at radius 1 is 0.203 bits per heavy atom. The van der Waals surface area contributed by atoms with Crippen LogP contribution in [-0.4, -0.2) is 24.1 Å². The molecule has 0 N–H and O–H groups in total. The molecule has 3 heterocycles. The van der Waals surface area contributed by atoms with E-state index in [-0.39, 0.29) is 0 Å². The molecule has 0 aliphatic heterocycles. The maximum Gasteiger partial charge on any atom is 0.238 e. The van der Waals surface area contributed by atoms with Crippen LogP contribution in [0.25, 0.3) is 144 Å². The van der Waals surface area contributed by atoms with E-state index < -0.39 is 0 Å². The second-order valence-electron chi connectivity index (χ2n) is 19.2. The summed E-state index contributed by atoms with van der Waals surface area (Å²) in [4.78, 5) is 16.0. The van der Waals surface area contributed by atoms with E-state index in [1.54, 1.807) is 0 Å². The monoisotopic (exact) mass is 941 g/mol. The molecule has 0 bridgehead atoms. The molecule has 0 radical (unpaired) electrons. The minimum atomic E-state index is 0.553. The summed E-state index contributed by atoms with van der Waals surface area (Å²) in [5, 5.41) is 12.2. The standard InChI is InChI=1S/C69H43N5/c1-3-18-44(19-4-1)46-22-15-23-47(38-46)48-24-16-26-51(39-48)68-70-67(45-20-5-2-6-21-45)71-69(72-68)74-64-35-14-12-33-59(64)62-42-61-58-32-11-13-34-63(58)73(65(61)43-66(62)74)52-27-17-25-49(40-52)50-36-37-57-55-30-8-7-28-53(55)54-29-9-10-31-56(54)60(57)41-50/h1-43H. The zero-order chi connectivity index (χ0) is 48.7. The first kappa shape index (κ1) is 41.8. The Hall–Kier alpha value is -9.97. The van der Waals surface area contributed by atoms with Crippen LogP contribution in [0.15, 0.2) is 261 Å². The Bertz CT molecular complexity index is 4690. The fourth-order valence-corrected chi connectivity index (χ4v) is 11.5. The highest BCUT2D eigenvalue weighted by atomic mass is 15.2. The molecule has 0 spiro atoms. The molecule has 0 unspecified atom stereocenters. The molecule has 0 amide bonds. The van der Waals surface area contributed by atoms with Crippen LogP contribution in [0.2, 0.25) is 0 Å². The van der Waals surface area contributed by atoms with Crippen LogP contribution in [0, 0.1) is 0 Å². The predicted molar refractivity (Wildman–Crippen MR) is 308 cm³/mol.